The molecule has 0 aliphatic heterocycles. The van der Waals surface area contributed by atoms with E-state index in [1.165, 1.54) is 0 Å². The van der Waals surface area contributed by atoms with Gasteiger partial charge in [0.2, 0.25) is 0 Å². The van der Waals surface area contributed by atoms with Crippen LogP contribution in [0.5, 0.6) is 0 Å². The second-order valence-electron chi connectivity index (χ2n) is 2.65. The molecule has 0 fully saturated rings. The van der Waals surface area contributed by atoms with Crippen molar-refractivity contribution in [3.8, 4) is 0 Å². The van der Waals surface area contributed by atoms with E-state index in [1.807, 2.05) is 0 Å². The van der Waals surface area contributed by atoms with Gasteiger partial charge < -0.3 is 13.8 Å². The molecule has 0 aliphatic carbocycles. The summed E-state index contributed by atoms with van der Waals surface area (Å²) in [6.45, 7) is 8.65. The monoisotopic (exact) mass is 170 g/mol. The number of hydrogen-bond donors (Lipinski definition) is 0. The first-order chi connectivity index (χ1) is 2.56. The molecule has 0 heterocycles. The molecule has 0 aromatic carbocycles. The molecule has 0 aromatic rings. The Morgan fingerprint density at radius 3 is 1.22 bits per heavy atom. The van der Waals surface area contributed by atoms with Crippen molar-refractivity contribution in [3.63, 3.8) is 0 Å². The molecule has 0 unspecified atom stereocenters. The molecule has 0 amide bonds. The van der Waals surface area contributed by atoms with Crippen molar-refractivity contribution in [2.75, 3.05) is 0 Å². The topological polar surface area (TPSA) is 0 Å². The molecule has 0 rings (SSSR count). The van der Waals surface area contributed by atoms with Crippen LogP contribution in [0, 0.1) is 19.3 Å². The fraction of sp³-hybridized carbons (Fsp3) is 0.714. The first kappa shape index (κ1) is 22.5. The van der Waals surface area contributed by atoms with Crippen molar-refractivity contribution in [1.82, 2.24) is 0 Å². The Bertz CT molecular complexity index is 38.7. The Balaban J connectivity index is -0.0000000417. The number of hydrogen-bond acceptors (Lipinski definition) is 0. The molecular weight excluding hydrogens is 155 g/mol. The number of rotatable bonds is 0. The summed E-state index contributed by atoms with van der Waals surface area (Å²) in [4.78, 5) is 0. The predicted octanol–water partition coefficient (Wildman–Crippen LogP) is -0.292. The van der Waals surface area contributed by atoms with Crippen molar-refractivity contribution >= 4 is 0 Å². The minimum Gasteiger partial charge on any atom is -0.358 e. The van der Waals surface area contributed by atoms with E-state index in [1.54, 1.807) is 0 Å². The van der Waals surface area contributed by atoms with E-state index >= 15 is 0 Å². The SMILES string of the molecule is C[CH-]C(C)(C)C.[CH3-].[Cu+].[Li+]. The minimum atomic E-state index is 0. The van der Waals surface area contributed by atoms with E-state index in [-0.39, 0.29) is 43.4 Å². The Labute approximate surface area is 82.8 Å². The smallest absolute Gasteiger partial charge is 0.358 e. The van der Waals surface area contributed by atoms with Gasteiger partial charge in [-0.1, -0.05) is 20.8 Å². The van der Waals surface area contributed by atoms with Gasteiger partial charge in [0, 0.05) is 0 Å². The second-order valence-corrected chi connectivity index (χ2v) is 2.65. The van der Waals surface area contributed by atoms with Crippen molar-refractivity contribution in [2.24, 2.45) is 5.41 Å². The summed E-state index contributed by atoms with van der Waals surface area (Å²) in [6.07, 6.45) is 2.19. The van der Waals surface area contributed by atoms with Gasteiger partial charge in [0.25, 0.3) is 0 Å². The molecule has 0 saturated carbocycles. The van der Waals surface area contributed by atoms with E-state index in [0.29, 0.717) is 5.41 Å². The average Bonchev–Trinajstić information content (AvgIpc) is 1.35. The molecule has 0 bridgehead atoms. The van der Waals surface area contributed by atoms with Crippen LogP contribution in [0.15, 0.2) is 0 Å². The molecule has 9 heavy (non-hydrogen) atoms. The first-order valence-electron chi connectivity index (χ1n) is 2.37. The van der Waals surface area contributed by atoms with Crippen LogP contribution < -0.4 is 18.9 Å². The zero-order valence-corrected chi connectivity index (χ0v) is 8.32. The zero-order valence-electron chi connectivity index (χ0n) is 7.38. The third-order valence-electron chi connectivity index (χ3n) is 0.866. The molecule has 0 nitrogen and oxygen atoms in total. The quantitative estimate of drug-likeness (QED) is 0.346. The van der Waals surface area contributed by atoms with Gasteiger partial charge in [-0.25, -0.2) is 0 Å². The third kappa shape index (κ3) is 27.2. The maximum absolute atomic E-state index is 2.19. The van der Waals surface area contributed by atoms with Crippen molar-refractivity contribution in [3.05, 3.63) is 13.8 Å². The Morgan fingerprint density at radius 1 is 1.11 bits per heavy atom. The summed E-state index contributed by atoms with van der Waals surface area (Å²) in [5.74, 6) is 0. The summed E-state index contributed by atoms with van der Waals surface area (Å²) in [5.41, 5.74) is 0.417. The molecule has 56 valence electrons. The van der Waals surface area contributed by atoms with Gasteiger partial charge in [-0.15, -0.1) is 0 Å². The van der Waals surface area contributed by atoms with Crippen molar-refractivity contribution < 1.29 is 35.9 Å². The maximum Gasteiger partial charge on any atom is 1.00 e. The molecule has 0 radical (unpaired) electrons. The fourth-order valence-corrected chi connectivity index (χ4v) is 0. The second kappa shape index (κ2) is 9.12. The summed E-state index contributed by atoms with van der Waals surface area (Å²) in [5, 5.41) is 0. The van der Waals surface area contributed by atoms with Gasteiger partial charge >= 0.3 is 35.9 Å². The van der Waals surface area contributed by atoms with Crippen LogP contribution in [0.1, 0.15) is 27.7 Å². The maximum atomic E-state index is 2.19. The molecule has 0 spiro atoms. The Hall–Kier alpha value is 1.12. The summed E-state index contributed by atoms with van der Waals surface area (Å²) in [6, 6.07) is 0. The van der Waals surface area contributed by atoms with Crippen LogP contribution in [0.4, 0.5) is 0 Å². The van der Waals surface area contributed by atoms with Crippen LogP contribution in [0.25, 0.3) is 0 Å². The third-order valence-corrected chi connectivity index (χ3v) is 0.866. The van der Waals surface area contributed by atoms with E-state index in [2.05, 4.69) is 34.1 Å². The fourth-order valence-electron chi connectivity index (χ4n) is 0. The van der Waals surface area contributed by atoms with Crippen LogP contribution in [-0.4, -0.2) is 0 Å². The molecule has 0 N–H and O–H groups in total. The predicted molar refractivity (Wildman–Crippen MR) is 35.8 cm³/mol. The average molecular weight is 171 g/mol. The molecule has 0 aliphatic rings. The van der Waals surface area contributed by atoms with Crippen LogP contribution >= 0.6 is 0 Å². The van der Waals surface area contributed by atoms with Crippen molar-refractivity contribution in [1.29, 1.82) is 0 Å². The van der Waals surface area contributed by atoms with Gasteiger partial charge in [0.15, 0.2) is 0 Å². The van der Waals surface area contributed by atoms with Gasteiger partial charge in [0.1, 0.15) is 0 Å². The van der Waals surface area contributed by atoms with E-state index in [0.717, 1.165) is 0 Å². The van der Waals surface area contributed by atoms with Crippen LogP contribution in [0.2, 0.25) is 0 Å². The van der Waals surface area contributed by atoms with Crippen LogP contribution in [-0.2, 0) is 17.1 Å². The summed E-state index contributed by atoms with van der Waals surface area (Å²) in [7, 11) is 0. The van der Waals surface area contributed by atoms with Gasteiger partial charge in [-0.3, -0.25) is 0 Å². The van der Waals surface area contributed by atoms with Crippen LogP contribution in [0.3, 0.4) is 0 Å². The van der Waals surface area contributed by atoms with Gasteiger partial charge in [-0.05, 0) is 0 Å². The van der Waals surface area contributed by atoms with Gasteiger partial charge in [-0.2, -0.15) is 12.3 Å². The summed E-state index contributed by atoms with van der Waals surface area (Å²) >= 11 is 0. The largest absolute Gasteiger partial charge is 1.00 e. The molecular formula is C7H16CuLi. The van der Waals surface area contributed by atoms with E-state index in [9.17, 15) is 0 Å². The van der Waals surface area contributed by atoms with Gasteiger partial charge in [0.05, 0.1) is 0 Å². The molecule has 0 aromatic heterocycles. The minimum absolute atomic E-state index is 0. The Kier molecular flexibility index (Phi) is 22.8. The normalized spacial score (nSPS) is 8.00. The van der Waals surface area contributed by atoms with Crippen molar-refractivity contribution in [2.45, 2.75) is 27.7 Å². The summed E-state index contributed by atoms with van der Waals surface area (Å²) < 4.78 is 0. The Morgan fingerprint density at radius 2 is 1.22 bits per heavy atom. The van der Waals surface area contributed by atoms with E-state index < -0.39 is 0 Å². The molecule has 0 saturated heterocycles. The molecule has 2 heteroatoms. The molecule has 0 atom stereocenters. The van der Waals surface area contributed by atoms with E-state index in [4.69, 9.17) is 0 Å². The standard InChI is InChI=1S/C6H13.CH3.Cu.Li/c1-5-6(2,3)4;;;/h5H,1-4H3;1H3;;/q2*-1;2*+1. The zero-order chi connectivity index (χ0) is 5.21. The first-order valence-corrected chi connectivity index (χ1v) is 2.37.